The van der Waals surface area contributed by atoms with Gasteiger partial charge < -0.3 is 15.1 Å². The number of aromatic nitrogens is 4. The van der Waals surface area contributed by atoms with Crippen molar-refractivity contribution < 1.29 is 0 Å². The van der Waals surface area contributed by atoms with E-state index in [4.69, 9.17) is 0 Å². The van der Waals surface area contributed by atoms with Gasteiger partial charge in [-0.05, 0) is 51.6 Å². The van der Waals surface area contributed by atoms with Crippen LogP contribution in [-0.4, -0.2) is 57.6 Å². The summed E-state index contributed by atoms with van der Waals surface area (Å²) in [5.74, 6) is 1.03. The van der Waals surface area contributed by atoms with Crippen LogP contribution in [0.25, 0.3) is 11.0 Å². The fourth-order valence-corrected chi connectivity index (χ4v) is 4.92. The highest BCUT2D eigenvalue weighted by Gasteiger charge is 2.25. The summed E-state index contributed by atoms with van der Waals surface area (Å²) in [5, 5.41) is 13.3. The Balaban J connectivity index is 1.41. The average Bonchev–Trinajstić information content (AvgIpc) is 3.52. The van der Waals surface area contributed by atoms with Gasteiger partial charge in [0.15, 0.2) is 0 Å². The molecule has 5 rings (SSSR count). The predicted molar refractivity (Wildman–Crippen MR) is 128 cm³/mol. The molecule has 2 fully saturated rings. The van der Waals surface area contributed by atoms with E-state index < -0.39 is 0 Å². The van der Waals surface area contributed by atoms with Crippen molar-refractivity contribution in [3.63, 3.8) is 0 Å². The number of likely N-dealkylation sites (N-methyl/N-ethyl adjacent to an activating group) is 1. The van der Waals surface area contributed by atoms with Crippen LogP contribution in [0.2, 0.25) is 0 Å². The third-order valence-corrected chi connectivity index (χ3v) is 6.83. The third kappa shape index (κ3) is 4.14. The van der Waals surface area contributed by atoms with Crippen LogP contribution in [0.4, 0.5) is 17.5 Å². The number of nitriles is 1. The van der Waals surface area contributed by atoms with Gasteiger partial charge in [-0.15, -0.1) is 0 Å². The summed E-state index contributed by atoms with van der Waals surface area (Å²) >= 11 is 0. The summed E-state index contributed by atoms with van der Waals surface area (Å²) in [6, 6.07) is 8.22. The summed E-state index contributed by atoms with van der Waals surface area (Å²) in [4.78, 5) is 31.2. The number of pyridine rings is 2. The molecular formula is C24H28N8O. The maximum absolute atomic E-state index is 12.9. The molecule has 1 aliphatic heterocycles. The molecule has 4 heterocycles. The van der Waals surface area contributed by atoms with Crippen molar-refractivity contribution in [2.75, 3.05) is 37.4 Å². The molecule has 3 aromatic rings. The van der Waals surface area contributed by atoms with Crippen molar-refractivity contribution in [3.8, 4) is 6.07 Å². The van der Waals surface area contributed by atoms with Gasteiger partial charge in [0.1, 0.15) is 23.1 Å². The number of nitrogens with zero attached hydrogens (tertiary/aromatic N) is 7. The van der Waals surface area contributed by atoms with Gasteiger partial charge in [-0.3, -0.25) is 9.36 Å². The number of nitrogens with one attached hydrogen (secondary N) is 1. The van der Waals surface area contributed by atoms with E-state index in [1.54, 1.807) is 16.8 Å². The molecular weight excluding hydrogens is 416 g/mol. The zero-order valence-corrected chi connectivity index (χ0v) is 19.0. The first-order valence-electron chi connectivity index (χ1n) is 11.5. The number of anilines is 3. The predicted octanol–water partition coefficient (Wildman–Crippen LogP) is 3.06. The number of rotatable bonds is 5. The summed E-state index contributed by atoms with van der Waals surface area (Å²) < 4.78 is 1.69. The van der Waals surface area contributed by atoms with Crippen LogP contribution in [0.1, 0.15) is 43.7 Å². The van der Waals surface area contributed by atoms with E-state index in [9.17, 15) is 10.1 Å². The molecule has 2 aliphatic rings. The molecule has 1 saturated heterocycles. The average molecular weight is 445 g/mol. The first-order valence-corrected chi connectivity index (χ1v) is 11.5. The molecule has 9 heteroatoms. The topological polar surface area (TPSA) is 103 Å². The SMILES string of the molecule is CN(C)C1CCN(c2ccc(Nc3ncc4cc(C#N)c(=O)n(C5CCCC5)c4n3)nc2)C1. The molecule has 0 spiro atoms. The summed E-state index contributed by atoms with van der Waals surface area (Å²) in [6.45, 7) is 2.02. The first-order chi connectivity index (χ1) is 16.0. The van der Waals surface area contributed by atoms with E-state index in [2.05, 4.69) is 50.2 Å². The molecule has 1 saturated carbocycles. The van der Waals surface area contributed by atoms with Gasteiger partial charge in [-0.1, -0.05) is 12.8 Å². The molecule has 0 aromatic carbocycles. The van der Waals surface area contributed by atoms with E-state index in [0.29, 0.717) is 28.8 Å². The minimum Gasteiger partial charge on any atom is -0.369 e. The van der Waals surface area contributed by atoms with Crippen LogP contribution in [0, 0.1) is 11.3 Å². The fraction of sp³-hybridized carbons (Fsp3) is 0.458. The molecule has 3 aromatic heterocycles. The van der Waals surface area contributed by atoms with E-state index >= 15 is 0 Å². The molecule has 1 N–H and O–H groups in total. The second-order valence-electron chi connectivity index (χ2n) is 9.13. The van der Waals surface area contributed by atoms with Gasteiger partial charge in [0, 0.05) is 36.8 Å². The molecule has 1 unspecified atom stereocenters. The van der Waals surface area contributed by atoms with Crippen LogP contribution in [0.15, 0.2) is 35.4 Å². The van der Waals surface area contributed by atoms with Gasteiger partial charge in [0.25, 0.3) is 5.56 Å². The Labute approximate surface area is 192 Å². The molecule has 33 heavy (non-hydrogen) atoms. The lowest BCUT2D eigenvalue weighted by molar-refractivity contribution is 0.315. The lowest BCUT2D eigenvalue weighted by Crippen LogP contribution is -2.31. The van der Waals surface area contributed by atoms with Crippen molar-refractivity contribution in [1.29, 1.82) is 5.26 Å². The van der Waals surface area contributed by atoms with Crippen LogP contribution in [0.5, 0.6) is 0 Å². The summed E-state index contributed by atoms with van der Waals surface area (Å²) in [6.07, 6.45) is 8.68. The zero-order chi connectivity index (χ0) is 22.9. The quantitative estimate of drug-likeness (QED) is 0.641. The highest BCUT2D eigenvalue weighted by atomic mass is 16.1. The van der Waals surface area contributed by atoms with Gasteiger partial charge in [-0.2, -0.15) is 10.2 Å². The summed E-state index contributed by atoms with van der Waals surface area (Å²) in [7, 11) is 4.24. The Morgan fingerprint density at radius 2 is 1.97 bits per heavy atom. The maximum Gasteiger partial charge on any atom is 0.270 e. The molecule has 0 radical (unpaired) electrons. The van der Waals surface area contributed by atoms with Crippen molar-refractivity contribution in [3.05, 3.63) is 46.5 Å². The van der Waals surface area contributed by atoms with Gasteiger partial charge in [0.2, 0.25) is 5.95 Å². The van der Waals surface area contributed by atoms with E-state index in [-0.39, 0.29) is 17.2 Å². The maximum atomic E-state index is 12.9. The lowest BCUT2D eigenvalue weighted by Gasteiger charge is -2.21. The second kappa shape index (κ2) is 8.79. The summed E-state index contributed by atoms with van der Waals surface area (Å²) in [5.41, 5.74) is 1.52. The third-order valence-electron chi connectivity index (χ3n) is 6.83. The fourth-order valence-electron chi connectivity index (χ4n) is 4.92. The van der Waals surface area contributed by atoms with E-state index in [1.807, 2.05) is 18.3 Å². The van der Waals surface area contributed by atoms with Crippen molar-refractivity contribution in [1.82, 2.24) is 24.4 Å². The first kappa shape index (κ1) is 21.3. The van der Waals surface area contributed by atoms with Crippen molar-refractivity contribution in [2.24, 2.45) is 0 Å². The Kier molecular flexibility index (Phi) is 5.68. The molecule has 170 valence electrons. The smallest absolute Gasteiger partial charge is 0.270 e. The minimum atomic E-state index is -0.273. The van der Waals surface area contributed by atoms with E-state index in [0.717, 1.165) is 50.9 Å². The second-order valence-corrected chi connectivity index (χ2v) is 9.13. The normalized spacial score (nSPS) is 18.8. The molecule has 0 bridgehead atoms. The Morgan fingerprint density at radius 1 is 1.15 bits per heavy atom. The van der Waals surface area contributed by atoms with Crippen molar-refractivity contribution in [2.45, 2.75) is 44.2 Å². The Hall–Kier alpha value is -3.51. The molecule has 9 nitrogen and oxygen atoms in total. The van der Waals surface area contributed by atoms with Crippen molar-refractivity contribution >= 4 is 28.5 Å². The van der Waals surface area contributed by atoms with Crippen LogP contribution in [-0.2, 0) is 0 Å². The molecule has 1 atom stereocenters. The standard InChI is InChI=1S/C24H28N8O/c1-30(2)20-9-10-31(15-20)19-7-8-21(26-14-19)28-24-27-13-17-11-16(12-25)23(33)32(22(17)29-24)18-5-3-4-6-18/h7-8,11,13-14,18,20H,3-6,9-10,15H2,1-2H3,(H,26,27,28,29). The molecule has 1 aliphatic carbocycles. The Bertz CT molecular complexity index is 1250. The van der Waals surface area contributed by atoms with Gasteiger partial charge >= 0.3 is 0 Å². The van der Waals surface area contributed by atoms with Crippen LogP contribution in [0.3, 0.4) is 0 Å². The van der Waals surface area contributed by atoms with E-state index in [1.165, 1.54) is 0 Å². The molecule has 0 amide bonds. The highest BCUT2D eigenvalue weighted by molar-refractivity contribution is 5.77. The van der Waals surface area contributed by atoms with Gasteiger partial charge in [-0.25, -0.2) is 9.97 Å². The minimum absolute atomic E-state index is 0.0694. The number of hydrogen-bond acceptors (Lipinski definition) is 8. The lowest BCUT2D eigenvalue weighted by atomic mass is 10.2. The van der Waals surface area contributed by atoms with Gasteiger partial charge in [0.05, 0.1) is 11.9 Å². The number of hydrogen-bond donors (Lipinski definition) is 1. The Morgan fingerprint density at radius 3 is 2.64 bits per heavy atom. The highest BCUT2D eigenvalue weighted by Crippen LogP contribution is 2.31. The zero-order valence-electron chi connectivity index (χ0n) is 19.0. The van der Waals surface area contributed by atoms with Crippen LogP contribution < -0.4 is 15.8 Å². The van der Waals surface area contributed by atoms with Crippen LogP contribution >= 0.6 is 0 Å². The largest absolute Gasteiger partial charge is 0.369 e. The monoisotopic (exact) mass is 444 g/mol. The number of fused-ring (bicyclic) bond motifs is 1.